The van der Waals surface area contributed by atoms with Crippen molar-refractivity contribution in [3.8, 4) is 0 Å². The molecule has 1 rings (SSSR count). The Bertz CT molecular complexity index is 255. The summed E-state index contributed by atoms with van der Waals surface area (Å²) < 4.78 is 5.38. The van der Waals surface area contributed by atoms with Gasteiger partial charge in [-0.15, -0.1) is 0 Å². The van der Waals surface area contributed by atoms with Gasteiger partial charge < -0.3 is 4.74 Å². The summed E-state index contributed by atoms with van der Waals surface area (Å²) >= 11 is 0. The van der Waals surface area contributed by atoms with Crippen LogP contribution in [0.5, 0.6) is 0 Å². The van der Waals surface area contributed by atoms with Crippen molar-refractivity contribution < 1.29 is 9.53 Å². The molecule has 0 aromatic carbocycles. The highest BCUT2D eigenvalue weighted by molar-refractivity contribution is 5.69. The molecule has 0 atom stereocenters. The van der Waals surface area contributed by atoms with Crippen molar-refractivity contribution in [1.29, 1.82) is 0 Å². The van der Waals surface area contributed by atoms with Crippen LogP contribution in [0.3, 0.4) is 0 Å². The van der Waals surface area contributed by atoms with Gasteiger partial charge in [0.15, 0.2) is 0 Å². The number of hydrogen-bond acceptors (Lipinski definition) is 2. The van der Waals surface area contributed by atoms with E-state index < -0.39 is 0 Å². The van der Waals surface area contributed by atoms with Crippen LogP contribution in [0.2, 0.25) is 0 Å². The van der Waals surface area contributed by atoms with Crippen LogP contribution < -0.4 is 0 Å². The van der Waals surface area contributed by atoms with Crippen LogP contribution in [-0.2, 0) is 9.53 Å². The van der Waals surface area contributed by atoms with Crippen molar-refractivity contribution in [3.05, 3.63) is 0 Å². The zero-order valence-electron chi connectivity index (χ0n) is 13.3. The van der Waals surface area contributed by atoms with Gasteiger partial charge in [-0.1, -0.05) is 51.9 Å². The third kappa shape index (κ3) is 7.59. The lowest BCUT2D eigenvalue weighted by molar-refractivity contribution is -0.155. The van der Waals surface area contributed by atoms with Crippen molar-refractivity contribution in [2.75, 3.05) is 0 Å². The summed E-state index contributed by atoms with van der Waals surface area (Å²) in [5, 5.41) is 0. The predicted molar refractivity (Wildman–Crippen MR) is 80.1 cm³/mol. The zero-order chi connectivity index (χ0) is 14.3. The summed E-state index contributed by atoms with van der Waals surface area (Å²) in [6.07, 6.45) is 11.0. The van der Waals surface area contributed by atoms with E-state index in [9.17, 15) is 4.79 Å². The molecule has 0 heterocycles. The van der Waals surface area contributed by atoms with Crippen LogP contribution in [0, 0.1) is 11.8 Å². The molecule has 112 valence electrons. The Morgan fingerprint density at radius 1 is 1.05 bits per heavy atom. The van der Waals surface area contributed by atoms with E-state index in [2.05, 4.69) is 6.92 Å². The van der Waals surface area contributed by atoms with Crippen LogP contribution >= 0.6 is 0 Å². The quantitative estimate of drug-likeness (QED) is 0.663. The van der Waals surface area contributed by atoms with Crippen molar-refractivity contribution in [3.63, 3.8) is 0 Å². The molecule has 19 heavy (non-hydrogen) atoms. The first-order valence-electron chi connectivity index (χ1n) is 8.12. The van der Waals surface area contributed by atoms with Gasteiger partial charge in [-0.25, -0.2) is 0 Å². The number of ether oxygens (including phenoxy) is 1. The topological polar surface area (TPSA) is 26.3 Å². The standard InChI is InChI=1S/C17H32O2/c1-5-14-8-6-10-15(11-7-9-14)12-13-16(18)19-17(2,3)4/h14-15H,5-13H2,1-4H3. The fourth-order valence-corrected chi connectivity index (χ4v) is 3.09. The molecular weight excluding hydrogens is 236 g/mol. The molecule has 0 spiro atoms. The summed E-state index contributed by atoms with van der Waals surface area (Å²) in [4.78, 5) is 11.7. The van der Waals surface area contributed by atoms with Gasteiger partial charge in [0.2, 0.25) is 0 Å². The molecule has 0 amide bonds. The monoisotopic (exact) mass is 268 g/mol. The molecule has 0 unspecified atom stereocenters. The van der Waals surface area contributed by atoms with Gasteiger partial charge in [-0.3, -0.25) is 4.79 Å². The maximum absolute atomic E-state index is 11.7. The molecule has 0 bridgehead atoms. The Labute approximate surface area is 119 Å². The Hall–Kier alpha value is -0.530. The molecular formula is C17H32O2. The Morgan fingerprint density at radius 3 is 2.05 bits per heavy atom. The molecule has 0 radical (unpaired) electrons. The van der Waals surface area contributed by atoms with E-state index in [4.69, 9.17) is 4.74 Å². The van der Waals surface area contributed by atoms with E-state index in [1.54, 1.807) is 0 Å². The summed E-state index contributed by atoms with van der Waals surface area (Å²) in [6.45, 7) is 8.12. The van der Waals surface area contributed by atoms with Crippen molar-refractivity contribution in [2.24, 2.45) is 11.8 Å². The lowest BCUT2D eigenvalue weighted by Gasteiger charge is -2.24. The summed E-state index contributed by atoms with van der Waals surface area (Å²) in [5.74, 6) is 1.66. The second kappa shape index (κ2) is 7.91. The van der Waals surface area contributed by atoms with Crippen LogP contribution in [0.25, 0.3) is 0 Å². The Kier molecular flexibility index (Phi) is 6.88. The number of hydrogen-bond donors (Lipinski definition) is 0. The predicted octanol–water partition coefficient (Wildman–Crippen LogP) is 5.10. The fourth-order valence-electron chi connectivity index (χ4n) is 3.09. The minimum absolute atomic E-state index is 0.0269. The normalized spacial score (nSPS) is 25.5. The lowest BCUT2D eigenvalue weighted by Crippen LogP contribution is -2.24. The zero-order valence-corrected chi connectivity index (χ0v) is 13.3. The molecule has 1 saturated carbocycles. The molecule has 0 aromatic heterocycles. The highest BCUT2D eigenvalue weighted by Crippen LogP contribution is 2.30. The van der Waals surface area contributed by atoms with Gasteiger partial charge in [-0.05, 0) is 39.0 Å². The van der Waals surface area contributed by atoms with E-state index in [1.807, 2.05) is 20.8 Å². The van der Waals surface area contributed by atoms with Gasteiger partial charge in [0.05, 0.1) is 0 Å². The molecule has 1 fully saturated rings. The molecule has 2 nitrogen and oxygen atoms in total. The average Bonchev–Trinajstić information content (AvgIpc) is 2.25. The second-order valence-corrected chi connectivity index (χ2v) is 7.13. The van der Waals surface area contributed by atoms with Gasteiger partial charge in [0.25, 0.3) is 0 Å². The highest BCUT2D eigenvalue weighted by Gasteiger charge is 2.19. The highest BCUT2D eigenvalue weighted by atomic mass is 16.6. The van der Waals surface area contributed by atoms with E-state index >= 15 is 0 Å². The minimum atomic E-state index is -0.341. The summed E-state index contributed by atoms with van der Waals surface area (Å²) in [7, 11) is 0. The SMILES string of the molecule is CCC1CCCC(CCC(=O)OC(C)(C)C)CCC1. The van der Waals surface area contributed by atoms with Gasteiger partial charge in [-0.2, -0.15) is 0 Å². The van der Waals surface area contributed by atoms with E-state index in [0.29, 0.717) is 6.42 Å². The molecule has 0 aromatic rings. The van der Waals surface area contributed by atoms with Crippen molar-refractivity contribution >= 4 is 5.97 Å². The van der Waals surface area contributed by atoms with Gasteiger partial charge >= 0.3 is 5.97 Å². The third-order valence-electron chi connectivity index (χ3n) is 4.20. The van der Waals surface area contributed by atoms with E-state index in [-0.39, 0.29) is 11.6 Å². The molecule has 1 aliphatic rings. The molecule has 0 aliphatic heterocycles. The van der Waals surface area contributed by atoms with Crippen LogP contribution in [-0.4, -0.2) is 11.6 Å². The van der Waals surface area contributed by atoms with E-state index in [0.717, 1.165) is 18.3 Å². The van der Waals surface area contributed by atoms with E-state index in [1.165, 1.54) is 44.9 Å². The maximum atomic E-state index is 11.7. The number of carbonyl (C=O) groups is 1. The second-order valence-electron chi connectivity index (χ2n) is 7.13. The number of carbonyl (C=O) groups excluding carboxylic acids is 1. The third-order valence-corrected chi connectivity index (χ3v) is 4.20. The first kappa shape index (κ1) is 16.5. The average molecular weight is 268 g/mol. The number of esters is 1. The maximum Gasteiger partial charge on any atom is 0.306 e. The van der Waals surface area contributed by atoms with Crippen molar-refractivity contribution in [1.82, 2.24) is 0 Å². The van der Waals surface area contributed by atoms with Crippen LogP contribution in [0.15, 0.2) is 0 Å². The van der Waals surface area contributed by atoms with Crippen molar-refractivity contribution in [2.45, 2.75) is 91.1 Å². The summed E-state index contributed by atoms with van der Waals surface area (Å²) in [5.41, 5.74) is -0.341. The van der Waals surface area contributed by atoms with Crippen LogP contribution in [0.1, 0.15) is 85.5 Å². The lowest BCUT2D eigenvalue weighted by atomic mass is 9.83. The first-order chi connectivity index (χ1) is 8.90. The fraction of sp³-hybridized carbons (Fsp3) is 0.941. The summed E-state index contributed by atoms with van der Waals surface area (Å²) in [6, 6.07) is 0. The Morgan fingerprint density at radius 2 is 1.58 bits per heavy atom. The number of rotatable bonds is 4. The first-order valence-corrected chi connectivity index (χ1v) is 8.12. The molecule has 1 aliphatic carbocycles. The van der Waals surface area contributed by atoms with Crippen LogP contribution in [0.4, 0.5) is 0 Å². The smallest absolute Gasteiger partial charge is 0.306 e. The largest absolute Gasteiger partial charge is 0.460 e. The molecule has 0 N–H and O–H groups in total. The minimum Gasteiger partial charge on any atom is -0.460 e. The Balaban J connectivity index is 2.24. The molecule has 0 saturated heterocycles. The molecule has 2 heteroatoms. The van der Waals surface area contributed by atoms with Gasteiger partial charge in [0.1, 0.15) is 5.60 Å². The van der Waals surface area contributed by atoms with Gasteiger partial charge in [0, 0.05) is 6.42 Å².